The number of nitrogens with zero attached hydrogens (tertiary/aromatic N) is 4. The van der Waals surface area contributed by atoms with Crippen molar-refractivity contribution in [3.63, 3.8) is 0 Å². The largest absolute Gasteiger partial charge is 0.383 e. The molecule has 1 aromatic carbocycles. The number of likely N-dealkylation sites (N-methyl/N-ethyl adjacent to an activating group) is 1. The molecular weight excluding hydrogens is 404 g/mol. The standard InChI is InChI=1S/C24H30N6O2/c1-3-29(12-13-32-2)19-8-6-18(7-9-19)27-23-25-15-17-14-20-22(31)26-16-24(10-4-5-11-24)30(20)21(17)28-23/h6-9,14-15H,3-5,10-13,16H2,1-2H3,(H,26,31)(H,25,27,28). The van der Waals surface area contributed by atoms with Crippen LogP contribution in [0.2, 0.25) is 0 Å². The minimum Gasteiger partial charge on any atom is -0.383 e. The zero-order valence-electron chi connectivity index (χ0n) is 18.7. The smallest absolute Gasteiger partial charge is 0.268 e. The Morgan fingerprint density at radius 1 is 1.25 bits per heavy atom. The van der Waals surface area contributed by atoms with Crippen LogP contribution < -0.4 is 15.5 Å². The molecule has 168 valence electrons. The van der Waals surface area contributed by atoms with E-state index in [4.69, 9.17) is 9.72 Å². The Morgan fingerprint density at radius 3 is 2.75 bits per heavy atom. The molecule has 8 heteroatoms. The zero-order chi connectivity index (χ0) is 22.1. The van der Waals surface area contributed by atoms with Gasteiger partial charge >= 0.3 is 0 Å². The van der Waals surface area contributed by atoms with E-state index in [1.807, 2.05) is 24.4 Å². The Kier molecular flexibility index (Phi) is 5.46. The number of fused-ring (bicyclic) bond motifs is 4. The molecule has 8 nitrogen and oxygen atoms in total. The second-order valence-corrected chi connectivity index (χ2v) is 8.70. The lowest BCUT2D eigenvalue weighted by Gasteiger charge is -2.37. The summed E-state index contributed by atoms with van der Waals surface area (Å²) in [7, 11) is 1.72. The summed E-state index contributed by atoms with van der Waals surface area (Å²) >= 11 is 0. The molecule has 1 aliphatic heterocycles. The van der Waals surface area contributed by atoms with Crippen molar-refractivity contribution < 1.29 is 9.53 Å². The van der Waals surface area contributed by atoms with Crippen LogP contribution in [0, 0.1) is 0 Å². The first-order valence-electron chi connectivity index (χ1n) is 11.4. The van der Waals surface area contributed by atoms with E-state index in [0.717, 1.165) is 48.3 Å². The maximum absolute atomic E-state index is 12.5. The minimum atomic E-state index is -0.0654. The van der Waals surface area contributed by atoms with E-state index in [1.54, 1.807) is 7.11 Å². The predicted molar refractivity (Wildman–Crippen MR) is 126 cm³/mol. The summed E-state index contributed by atoms with van der Waals surface area (Å²) in [4.78, 5) is 24.2. The molecule has 5 rings (SSSR count). The zero-order valence-corrected chi connectivity index (χ0v) is 18.7. The highest BCUT2D eigenvalue weighted by Crippen LogP contribution is 2.41. The van der Waals surface area contributed by atoms with E-state index in [0.29, 0.717) is 24.8 Å². The predicted octanol–water partition coefficient (Wildman–Crippen LogP) is 3.66. The number of aromatic nitrogens is 3. The first-order chi connectivity index (χ1) is 15.6. The molecule has 2 aromatic heterocycles. The number of hydrogen-bond donors (Lipinski definition) is 2. The summed E-state index contributed by atoms with van der Waals surface area (Å²) in [6.45, 7) is 5.29. The number of benzene rings is 1. The fourth-order valence-corrected chi connectivity index (χ4v) is 5.10. The van der Waals surface area contributed by atoms with Gasteiger partial charge in [-0.05, 0) is 50.1 Å². The minimum absolute atomic E-state index is 0.0282. The van der Waals surface area contributed by atoms with Gasteiger partial charge in [0.2, 0.25) is 5.95 Å². The number of carbonyl (C=O) groups excluding carboxylic acids is 1. The summed E-state index contributed by atoms with van der Waals surface area (Å²) in [5, 5.41) is 7.32. The molecule has 2 N–H and O–H groups in total. The van der Waals surface area contributed by atoms with Gasteiger partial charge in [-0.3, -0.25) is 4.79 Å². The molecule has 2 aliphatic rings. The van der Waals surface area contributed by atoms with Gasteiger partial charge in [-0.2, -0.15) is 4.98 Å². The maximum atomic E-state index is 12.5. The number of nitrogens with one attached hydrogen (secondary N) is 2. The topological polar surface area (TPSA) is 84.3 Å². The van der Waals surface area contributed by atoms with Gasteiger partial charge < -0.3 is 24.8 Å². The molecule has 1 aliphatic carbocycles. The number of hydrogen-bond acceptors (Lipinski definition) is 6. The van der Waals surface area contributed by atoms with Gasteiger partial charge in [0.1, 0.15) is 11.3 Å². The molecular formula is C24H30N6O2. The number of methoxy groups -OCH3 is 1. The van der Waals surface area contributed by atoms with Gasteiger partial charge in [0.25, 0.3) is 5.91 Å². The van der Waals surface area contributed by atoms with Gasteiger partial charge in [-0.1, -0.05) is 12.8 Å². The Morgan fingerprint density at radius 2 is 2.03 bits per heavy atom. The van der Waals surface area contributed by atoms with Crippen molar-refractivity contribution in [2.24, 2.45) is 0 Å². The second-order valence-electron chi connectivity index (χ2n) is 8.70. The molecule has 0 radical (unpaired) electrons. The average molecular weight is 435 g/mol. The van der Waals surface area contributed by atoms with Crippen LogP contribution in [-0.2, 0) is 10.3 Å². The fraction of sp³-hybridized carbons (Fsp3) is 0.458. The summed E-state index contributed by atoms with van der Waals surface area (Å²) in [5.41, 5.74) is 3.54. The third-order valence-electron chi connectivity index (χ3n) is 6.80. The van der Waals surface area contributed by atoms with Crippen molar-refractivity contribution in [1.29, 1.82) is 0 Å². The van der Waals surface area contributed by atoms with E-state index in [-0.39, 0.29) is 11.4 Å². The number of ether oxygens (including phenoxy) is 1. The quantitative estimate of drug-likeness (QED) is 0.590. The highest BCUT2D eigenvalue weighted by atomic mass is 16.5. The van der Waals surface area contributed by atoms with Crippen molar-refractivity contribution in [2.45, 2.75) is 38.1 Å². The highest BCUT2D eigenvalue weighted by molar-refractivity contribution is 5.99. The van der Waals surface area contributed by atoms with Crippen LogP contribution >= 0.6 is 0 Å². The van der Waals surface area contributed by atoms with Crippen molar-refractivity contribution in [3.05, 3.63) is 42.2 Å². The van der Waals surface area contributed by atoms with Gasteiger partial charge in [0, 0.05) is 49.7 Å². The van der Waals surface area contributed by atoms with E-state index in [2.05, 4.69) is 44.1 Å². The summed E-state index contributed by atoms with van der Waals surface area (Å²) in [5.74, 6) is 0.511. The molecule has 0 bridgehead atoms. The number of amides is 1. The molecule has 0 unspecified atom stereocenters. The van der Waals surface area contributed by atoms with Gasteiger partial charge in [0.15, 0.2) is 0 Å². The van der Waals surface area contributed by atoms with Crippen molar-refractivity contribution in [2.75, 3.05) is 43.6 Å². The Hall–Kier alpha value is -3.13. The third-order valence-corrected chi connectivity index (χ3v) is 6.80. The molecule has 3 aromatic rings. The van der Waals surface area contributed by atoms with Crippen molar-refractivity contribution in [3.8, 4) is 0 Å². The number of rotatable bonds is 7. The fourth-order valence-electron chi connectivity index (χ4n) is 5.10. The van der Waals surface area contributed by atoms with E-state index in [1.165, 1.54) is 12.8 Å². The molecule has 1 spiro atoms. The van der Waals surface area contributed by atoms with E-state index in [9.17, 15) is 4.79 Å². The first-order valence-corrected chi connectivity index (χ1v) is 11.4. The van der Waals surface area contributed by atoms with Crippen LogP contribution in [0.3, 0.4) is 0 Å². The number of carbonyl (C=O) groups is 1. The van der Waals surface area contributed by atoms with Crippen LogP contribution in [0.5, 0.6) is 0 Å². The molecule has 1 fully saturated rings. The Labute approximate surface area is 188 Å². The van der Waals surface area contributed by atoms with Crippen LogP contribution in [0.25, 0.3) is 11.0 Å². The molecule has 0 saturated heterocycles. The van der Waals surface area contributed by atoms with Crippen molar-refractivity contribution in [1.82, 2.24) is 19.9 Å². The summed E-state index contributed by atoms with van der Waals surface area (Å²) in [6, 6.07) is 10.2. The monoisotopic (exact) mass is 434 g/mol. The van der Waals surface area contributed by atoms with Crippen LogP contribution in [-0.4, -0.2) is 53.8 Å². The Balaban J connectivity index is 1.43. The maximum Gasteiger partial charge on any atom is 0.268 e. The lowest BCUT2D eigenvalue weighted by molar-refractivity contribution is 0.0876. The van der Waals surface area contributed by atoms with Gasteiger partial charge in [-0.15, -0.1) is 0 Å². The SMILES string of the molecule is CCN(CCOC)c1ccc(Nc2ncc3cc4n(c3n2)C2(CCCC2)CNC4=O)cc1. The average Bonchev–Trinajstić information content (AvgIpc) is 3.44. The lowest BCUT2D eigenvalue weighted by atomic mass is 9.94. The van der Waals surface area contributed by atoms with E-state index < -0.39 is 0 Å². The second kappa shape index (κ2) is 8.43. The van der Waals surface area contributed by atoms with Crippen LogP contribution in [0.4, 0.5) is 17.3 Å². The third kappa shape index (κ3) is 3.58. The van der Waals surface area contributed by atoms with Crippen molar-refractivity contribution >= 4 is 34.3 Å². The summed E-state index contributed by atoms with van der Waals surface area (Å²) < 4.78 is 7.39. The molecule has 3 heterocycles. The molecule has 1 amide bonds. The first kappa shape index (κ1) is 20.8. The molecule has 0 atom stereocenters. The van der Waals surface area contributed by atoms with E-state index >= 15 is 0 Å². The normalized spacial score (nSPS) is 16.9. The van der Waals surface area contributed by atoms with Crippen LogP contribution in [0.15, 0.2) is 36.5 Å². The molecule has 1 saturated carbocycles. The summed E-state index contributed by atoms with van der Waals surface area (Å²) in [6.07, 6.45) is 6.29. The van der Waals surface area contributed by atoms with Gasteiger partial charge in [0.05, 0.1) is 12.1 Å². The van der Waals surface area contributed by atoms with Gasteiger partial charge in [-0.25, -0.2) is 4.98 Å². The number of anilines is 3. The Bertz CT molecular complexity index is 1120. The van der Waals surface area contributed by atoms with Crippen LogP contribution in [0.1, 0.15) is 43.1 Å². The lowest BCUT2D eigenvalue weighted by Crippen LogP contribution is -2.50. The highest BCUT2D eigenvalue weighted by Gasteiger charge is 2.42. The molecule has 32 heavy (non-hydrogen) atoms.